The van der Waals surface area contributed by atoms with Crippen molar-refractivity contribution in [1.82, 2.24) is 20.2 Å². The Morgan fingerprint density at radius 1 is 1.17 bits per heavy atom. The summed E-state index contributed by atoms with van der Waals surface area (Å²) in [6.45, 7) is 5.94. The van der Waals surface area contributed by atoms with Crippen LogP contribution >= 0.6 is 0 Å². The van der Waals surface area contributed by atoms with E-state index in [0.29, 0.717) is 18.0 Å². The molecule has 6 heteroatoms. The highest BCUT2D eigenvalue weighted by Gasteiger charge is 2.29. The largest absolute Gasteiger partial charge is 0.356 e. The summed E-state index contributed by atoms with van der Waals surface area (Å²) in [6, 6.07) is 15.4. The van der Waals surface area contributed by atoms with Gasteiger partial charge in [0.2, 0.25) is 5.91 Å². The van der Waals surface area contributed by atoms with Crippen molar-refractivity contribution < 1.29 is 9.59 Å². The number of carbonyl (C=O) groups is 2. The summed E-state index contributed by atoms with van der Waals surface area (Å²) in [5.74, 6) is 1.45. The molecule has 0 fully saturated rings. The van der Waals surface area contributed by atoms with Crippen LogP contribution in [0.15, 0.2) is 48.5 Å². The van der Waals surface area contributed by atoms with Gasteiger partial charge in [0.05, 0.1) is 23.5 Å². The molecule has 4 rings (SSSR count). The molecule has 0 bridgehead atoms. The molecule has 2 amide bonds. The van der Waals surface area contributed by atoms with Crippen LogP contribution in [0.1, 0.15) is 54.5 Å². The van der Waals surface area contributed by atoms with Gasteiger partial charge in [-0.25, -0.2) is 4.98 Å². The van der Waals surface area contributed by atoms with Crippen molar-refractivity contribution in [2.24, 2.45) is 5.92 Å². The third kappa shape index (κ3) is 4.22. The van der Waals surface area contributed by atoms with Crippen LogP contribution in [0.3, 0.4) is 0 Å². The monoisotopic (exact) mass is 404 g/mol. The van der Waals surface area contributed by atoms with Crippen molar-refractivity contribution >= 4 is 22.8 Å². The number of para-hydroxylation sites is 2. The lowest BCUT2D eigenvalue weighted by Crippen LogP contribution is -2.30. The van der Waals surface area contributed by atoms with E-state index in [1.165, 1.54) is 5.52 Å². The predicted octanol–water partition coefficient (Wildman–Crippen LogP) is 3.62. The van der Waals surface area contributed by atoms with Gasteiger partial charge in [-0.15, -0.1) is 0 Å². The van der Waals surface area contributed by atoms with Crippen LogP contribution in [-0.4, -0.2) is 27.9 Å². The minimum absolute atomic E-state index is 0.0484. The molecule has 0 saturated carbocycles. The number of carbonyl (C=O) groups excluding carboxylic acids is 2. The Morgan fingerprint density at radius 3 is 2.77 bits per heavy atom. The highest BCUT2D eigenvalue weighted by atomic mass is 16.2. The third-order valence-electron chi connectivity index (χ3n) is 5.46. The van der Waals surface area contributed by atoms with Crippen molar-refractivity contribution in [1.29, 1.82) is 0 Å². The SMILES string of the molecule is CC(C)Cn1c(CCCNC(=O)C[C@@H]2NC(=O)c3ccccc32)nc2ccccc21. The number of nitrogens with one attached hydrogen (secondary N) is 2. The molecule has 2 aromatic carbocycles. The first-order chi connectivity index (χ1) is 14.5. The van der Waals surface area contributed by atoms with Crippen LogP contribution in [-0.2, 0) is 17.8 Å². The van der Waals surface area contributed by atoms with Crippen LogP contribution in [0.2, 0.25) is 0 Å². The van der Waals surface area contributed by atoms with Gasteiger partial charge in [-0.2, -0.15) is 0 Å². The molecule has 0 aliphatic carbocycles. The summed E-state index contributed by atoms with van der Waals surface area (Å²) in [5, 5.41) is 5.89. The summed E-state index contributed by atoms with van der Waals surface area (Å²) in [7, 11) is 0. The molecule has 3 aromatic rings. The zero-order valence-electron chi connectivity index (χ0n) is 17.5. The van der Waals surface area contributed by atoms with Crippen molar-refractivity contribution in [3.8, 4) is 0 Å². The topological polar surface area (TPSA) is 76.0 Å². The first-order valence-electron chi connectivity index (χ1n) is 10.6. The summed E-state index contributed by atoms with van der Waals surface area (Å²) in [5.41, 5.74) is 3.76. The van der Waals surface area contributed by atoms with Gasteiger partial charge in [0, 0.05) is 25.1 Å². The molecule has 1 atom stereocenters. The maximum Gasteiger partial charge on any atom is 0.252 e. The molecule has 1 aromatic heterocycles. The van der Waals surface area contributed by atoms with E-state index < -0.39 is 0 Å². The average molecular weight is 405 g/mol. The summed E-state index contributed by atoms with van der Waals surface area (Å²) >= 11 is 0. The first-order valence-corrected chi connectivity index (χ1v) is 10.6. The molecule has 30 heavy (non-hydrogen) atoms. The number of fused-ring (bicyclic) bond motifs is 2. The van der Waals surface area contributed by atoms with Crippen LogP contribution in [0, 0.1) is 5.92 Å². The quantitative estimate of drug-likeness (QED) is 0.563. The number of hydrogen-bond donors (Lipinski definition) is 2. The fourth-order valence-corrected chi connectivity index (χ4v) is 4.10. The zero-order valence-corrected chi connectivity index (χ0v) is 17.5. The standard InChI is InChI=1S/C24H28N4O2/c1-16(2)15-28-21-11-6-5-10-19(21)26-22(28)12-7-13-25-23(29)14-20-17-8-3-4-9-18(17)24(30)27-20/h3-6,8-11,16,20H,7,12-15H2,1-2H3,(H,25,29)(H,27,30)/t20-/m0/s1. The highest BCUT2D eigenvalue weighted by Crippen LogP contribution is 2.27. The van der Waals surface area contributed by atoms with Gasteiger partial charge in [-0.1, -0.05) is 44.2 Å². The second-order valence-electron chi connectivity index (χ2n) is 8.29. The molecule has 0 spiro atoms. The highest BCUT2D eigenvalue weighted by molar-refractivity contribution is 5.99. The van der Waals surface area contributed by atoms with Gasteiger partial charge in [-0.05, 0) is 36.1 Å². The molecule has 0 unspecified atom stereocenters. The molecular weight excluding hydrogens is 376 g/mol. The predicted molar refractivity (Wildman–Crippen MR) is 117 cm³/mol. The molecule has 1 aliphatic rings. The number of imidazole rings is 1. The lowest BCUT2D eigenvalue weighted by molar-refractivity contribution is -0.121. The Hall–Kier alpha value is -3.15. The lowest BCUT2D eigenvalue weighted by atomic mass is 10.0. The second kappa shape index (κ2) is 8.69. The zero-order chi connectivity index (χ0) is 21.1. The van der Waals surface area contributed by atoms with Gasteiger partial charge in [0.15, 0.2) is 0 Å². The molecule has 0 saturated heterocycles. The van der Waals surface area contributed by atoms with Crippen LogP contribution in [0.5, 0.6) is 0 Å². The molecule has 1 aliphatic heterocycles. The molecule has 0 radical (unpaired) electrons. The Kier molecular flexibility index (Phi) is 5.84. The van der Waals surface area contributed by atoms with Gasteiger partial charge >= 0.3 is 0 Å². The van der Waals surface area contributed by atoms with Crippen molar-refractivity contribution in [3.63, 3.8) is 0 Å². The number of amides is 2. The Balaban J connectivity index is 1.31. The third-order valence-corrected chi connectivity index (χ3v) is 5.46. The molecule has 156 valence electrons. The number of nitrogens with zero attached hydrogens (tertiary/aromatic N) is 2. The van der Waals surface area contributed by atoms with E-state index >= 15 is 0 Å². The van der Waals surface area contributed by atoms with Crippen LogP contribution in [0.4, 0.5) is 0 Å². The number of aromatic nitrogens is 2. The fraction of sp³-hybridized carbons (Fsp3) is 0.375. The summed E-state index contributed by atoms with van der Waals surface area (Å²) < 4.78 is 2.30. The number of benzene rings is 2. The van der Waals surface area contributed by atoms with Crippen molar-refractivity contribution in [2.75, 3.05) is 6.54 Å². The molecular formula is C24H28N4O2. The van der Waals surface area contributed by atoms with Gasteiger partial charge < -0.3 is 15.2 Å². The van der Waals surface area contributed by atoms with E-state index in [2.05, 4.69) is 35.1 Å². The maximum absolute atomic E-state index is 12.4. The molecule has 6 nitrogen and oxygen atoms in total. The molecule has 2 heterocycles. The normalized spacial score (nSPS) is 15.4. The van der Waals surface area contributed by atoms with E-state index in [-0.39, 0.29) is 24.3 Å². The smallest absolute Gasteiger partial charge is 0.252 e. The maximum atomic E-state index is 12.4. The van der Waals surface area contributed by atoms with Gasteiger partial charge in [0.1, 0.15) is 5.82 Å². The fourth-order valence-electron chi connectivity index (χ4n) is 4.10. The van der Waals surface area contributed by atoms with Crippen molar-refractivity contribution in [3.05, 3.63) is 65.5 Å². The molecule has 2 N–H and O–H groups in total. The van der Waals surface area contributed by atoms with Crippen molar-refractivity contribution in [2.45, 2.75) is 45.7 Å². The van der Waals surface area contributed by atoms with E-state index in [9.17, 15) is 9.59 Å². The van der Waals surface area contributed by atoms with Crippen LogP contribution in [0.25, 0.3) is 11.0 Å². The van der Waals surface area contributed by atoms with E-state index in [4.69, 9.17) is 4.98 Å². The van der Waals surface area contributed by atoms with E-state index in [1.54, 1.807) is 6.07 Å². The summed E-state index contributed by atoms with van der Waals surface area (Å²) in [4.78, 5) is 29.2. The average Bonchev–Trinajstić information content (AvgIpc) is 3.23. The van der Waals surface area contributed by atoms with E-state index in [1.807, 2.05) is 36.4 Å². The van der Waals surface area contributed by atoms with Gasteiger partial charge in [0.25, 0.3) is 5.91 Å². The number of hydrogen-bond acceptors (Lipinski definition) is 3. The first kappa shape index (κ1) is 20.1. The van der Waals surface area contributed by atoms with Gasteiger partial charge in [-0.3, -0.25) is 9.59 Å². The summed E-state index contributed by atoms with van der Waals surface area (Å²) in [6.07, 6.45) is 1.89. The number of aryl methyl sites for hydroxylation is 1. The van der Waals surface area contributed by atoms with Crippen LogP contribution < -0.4 is 10.6 Å². The minimum Gasteiger partial charge on any atom is -0.356 e. The minimum atomic E-state index is -0.246. The Morgan fingerprint density at radius 2 is 1.93 bits per heavy atom. The lowest BCUT2D eigenvalue weighted by Gasteiger charge is -2.13. The van der Waals surface area contributed by atoms with E-state index in [0.717, 1.165) is 36.3 Å². The number of rotatable bonds is 8. The Bertz CT molecular complexity index is 1070. The Labute approximate surface area is 176 Å². The second-order valence-corrected chi connectivity index (χ2v) is 8.29.